The second-order valence-electron chi connectivity index (χ2n) is 7.67. The third-order valence-corrected chi connectivity index (χ3v) is 6.63. The SMILES string of the molecule is Cl.NC(=O)c1c(NC(=O)Nc2ccc3ccccc3c2)sc2c1CCN(CCCCO)C2. The Morgan fingerprint density at radius 2 is 1.88 bits per heavy atom. The van der Waals surface area contributed by atoms with Crippen molar-refractivity contribution in [2.45, 2.75) is 25.8 Å². The number of rotatable bonds is 7. The van der Waals surface area contributed by atoms with E-state index in [1.165, 1.54) is 11.3 Å². The molecule has 0 aliphatic carbocycles. The number of halogens is 1. The first-order valence-corrected chi connectivity index (χ1v) is 11.2. The summed E-state index contributed by atoms with van der Waals surface area (Å²) in [5.74, 6) is -0.521. The number of thiophene rings is 1. The summed E-state index contributed by atoms with van der Waals surface area (Å²) in [6.07, 6.45) is 2.43. The van der Waals surface area contributed by atoms with Crippen molar-refractivity contribution in [1.82, 2.24) is 4.90 Å². The monoisotopic (exact) mass is 474 g/mol. The van der Waals surface area contributed by atoms with Gasteiger partial charge in [-0.2, -0.15) is 0 Å². The molecule has 2 aromatic carbocycles. The van der Waals surface area contributed by atoms with E-state index in [0.29, 0.717) is 16.3 Å². The number of primary amides is 1. The van der Waals surface area contributed by atoms with Crippen LogP contribution >= 0.6 is 23.7 Å². The lowest BCUT2D eigenvalue weighted by Gasteiger charge is -2.26. The van der Waals surface area contributed by atoms with Gasteiger partial charge in [-0.3, -0.25) is 15.0 Å². The van der Waals surface area contributed by atoms with Crippen LogP contribution in [0.4, 0.5) is 15.5 Å². The molecular weight excluding hydrogens is 448 g/mol. The number of aliphatic hydroxyl groups excluding tert-OH is 1. The first-order chi connectivity index (χ1) is 15.0. The van der Waals surface area contributed by atoms with Crippen LogP contribution < -0.4 is 16.4 Å². The van der Waals surface area contributed by atoms with Gasteiger partial charge in [0.2, 0.25) is 0 Å². The van der Waals surface area contributed by atoms with Crippen molar-refractivity contribution in [3.63, 3.8) is 0 Å². The van der Waals surface area contributed by atoms with Crippen molar-refractivity contribution in [2.75, 3.05) is 30.3 Å². The lowest BCUT2D eigenvalue weighted by atomic mass is 10.0. The predicted molar refractivity (Wildman–Crippen MR) is 132 cm³/mol. The molecule has 0 radical (unpaired) electrons. The fraction of sp³-hybridized carbons (Fsp3) is 0.304. The van der Waals surface area contributed by atoms with Gasteiger partial charge in [-0.05, 0) is 54.3 Å². The third kappa shape index (κ3) is 5.39. The average molecular weight is 475 g/mol. The molecule has 9 heteroatoms. The zero-order valence-electron chi connectivity index (χ0n) is 17.6. The summed E-state index contributed by atoms with van der Waals surface area (Å²) in [6, 6.07) is 13.2. The van der Waals surface area contributed by atoms with Crippen LogP contribution in [0.3, 0.4) is 0 Å². The number of hydrogen-bond acceptors (Lipinski definition) is 5. The Hall–Kier alpha value is -2.65. The summed E-state index contributed by atoms with van der Waals surface area (Å²) in [5.41, 5.74) is 7.70. The highest BCUT2D eigenvalue weighted by atomic mass is 35.5. The Bertz CT molecular complexity index is 1120. The highest BCUT2D eigenvalue weighted by Gasteiger charge is 2.27. The number of benzene rings is 2. The number of fused-ring (bicyclic) bond motifs is 2. The van der Waals surface area contributed by atoms with Gasteiger partial charge in [-0.15, -0.1) is 23.7 Å². The van der Waals surface area contributed by atoms with E-state index in [9.17, 15) is 9.59 Å². The molecule has 4 rings (SSSR count). The minimum absolute atomic E-state index is 0. The van der Waals surface area contributed by atoms with Gasteiger partial charge in [0.1, 0.15) is 5.00 Å². The molecule has 3 aromatic rings. The number of amides is 3. The minimum Gasteiger partial charge on any atom is -0.396 e. The number of unbranched alkanes of at least 4 members (excludes halogenated alkanes) is 1. The molecule has 0 atom stereocenters. The molecule has 3 amide bonds. The molecule has 0 saturated heterocycles. The fourth-order valence-corrected chi connectivity index (χ4v) is 5.27. The van der Waals surface area contributed by atoms with Crippen molar-refractivity contribution in [2.24, 2.45) is 5.73 Å². The molecule has 1 aliphatic rings. The number of hydrogen-bond donors (Lipinski definition) is 4. The number of carbonyl (C=O) groups excluding carboxylic acids is 2. The van der Waals surface area contributed by atoms with Gasteiger partial charge >= 0.3 is 6.03 Å². The summed E-state index contributed by atoms with van der Waals surface area (Å²) in [4.78, 5) is 28.2. The molecule has 7 nitrogen and oxygen atoms in total. The van der Waals surface area contributed by atoms with Crippen molar-refractivity contribution in [3.05, 3.63) is 58.5 Å². The largest absolute Gasteiger partial charge is 0.396 e. The van der Waals surface area contributed by atoms with Crippen LogP contribution in [0.25, 0.3) is 10.8 Å². The number of urea groups is 1. The minimum atomic E-state index is -0.521. The van der Waals surface area contributed by atoms with Gasteiger partial charge in [0.15, 0.2) is 0 Å². The summed E-state index contributed by atoms with van der Waals surface area (Å²) in [7, 11) is 0. The van der Waals surface area contributed by atoms with Gasteiger partial charge in [-0.25, -0.2) is 4.79 Å². The first-order valence-electron chi connectivity index (χ1n) is 10.4. The summed E-state index contributed by atoms with van der Waals surface area (Å²) < 4.78 is 0. The maximum atomic E-state index is 12.6. The zero-order chi connectivity index (χ0) is 21.8. The number of nitrogens with two attached hydrogens (primary N) is 1. The quantitative estimate of drug-likeness (QED) is 0.385. The molecule has 170 valence electrons. The van der Waals surface area contributed by atoms with Gasteiger partial charge < -0.3 is 16.2 Å². The molecule has 0 spiro atoms. The van der Waals surface area contributed by atoms with Crippen LogP contribution in [0.1, 0.15) is 33.6 Å². The van der Waals surface area contributed by atoms with Gasteiger partial charge in [0, 0.05) is 30.3 Å². The predicted octanol–water partition coefficient (Wildman–Crippen LogP) is 4.20. The highest BCUT2D eigenvalue weighted by Crippen LogP contribution is 2.37. The van der Waals surface area contributed by atoms with Crippen molar-refractivity contribution < 1.29 is 14.7 Å². The van der Waals surface area contributed by atoms with E-state index in [2.05, 4.69) is 15.5 Å². The smallest absolute Gasteiger partial charge is 0.324 e. The Labute approximate surface area is 197 Å². The van der Waals surface area contributed by atoms with Crippen LogP contribution in [0.2, 0.25) is 0 Å². The Morgan fingerprint density at radius 1 is 1.09 bits per heavy atom. The van der Waals surface area contributed by atoms with Crippen molar-refractivity contribution in [3.8, 4) is 0 Å². The van der Waals surface area contributed by atoms with Crippen LogP contribution in [0, 0.1) is 0 Å². The fourth-order valence-electron chi connectivity index (χ4n) is 3.98. The molecule has 0 unspecified atom stereocenters. The van der Waals surface area contributed by atoms with Crippen molar-refractivity contribution in [1.29, 1.82) is 0 Å². The molecule has 0 bridgehead atoms. The normalized spacial score (nSPS) is 13.3. The highest BCUT2D eigenvalue weighted by molar-refractivity contribution is 7.17. The molecule has 1 aromatic heterocycles. The zero-order valence-corrected chi connectivity index (χ0v) is 19.2. The van der Waals surface area contributed by atoms with Crippen LogP contribution in [-0.2, 0) is 13.0 Å². The van der Waals surface area contributed by atoms with E-state index >= 15 is 0 Å². The van der Waals surface area contributed by atoms with E-state index in [0.717, 1.165) is 60.1 Å². The average Bonchev–Trinajstić information content (AvgIpc) is 3.11. The summed E-state index contributed by atoms with van der Waals surface area (Å²) in [6.45, 7) is 2.65. The van der Waals surface area contributed by atoms with Crippen LogP contribution in [-0.4, -0.2) is 41.6 Å². The summed E-state index contributed by atoms with van der Waals surface area (Å²) in [5, 5.41) is 17.3. The van der Waals surface area contributed by atoms with Crippen molar-refractivity contribution >= 4 is 57.1 Å². The molecule has 1 aliphatic heterocycles. The van der Waals surface area contributed by atoms with E-state index < -0.39 is 11.9 Å². The summed E-state index contributed by atoms with van der Waals surface area (Å²) >= 11 is 1.41. The third-order valence-electron chi connectivity index (χ3n) is 5.50. The maximum absolute atomic E-state index is 12.6. The number of nitrogens with one attached hydrogen (secondary N) is 2. The maximum Gasteiger partial charge on any atom is 0.324 e. The van der Waals surface area contributed by atoms with Crippen LogP contribution in [0.15, 0.2) is 42.5 Å². The molecule has 0 fully saturated rings. The lowest BCUT2D eigenvalue weighted by molar-refractivity contribution is 0.0999. The lowest BCUT2D eigenvalue weighted by Crippen LogP contribution is -2.31. The number of anilines is 2. The molecular formula is C23H27ClN4O3S. The Balaban J connectivity index is 0.00000289. The van der Waals surface area contributed by atoms with Gasteiger partial charge in [0.25, 0.3) is 5.91 Å². The van der Waals surface area contributed by atoms with Gasteiger partial charge in [0.05, 0.1) is 5.56 Å². The van der Waals surface area contributed by atoms with Gasteiger partial charge in [-0.1, -0.05) is 30.3 Å². The van der Waals surface area contributed by atoms with Crippen LogP contribution in [0.5, 0.6) is 0 Å². The first kappa shape index (κ1) is 24.0. The second-order valence-corrected chi connectivity index (χ2v) is 8.78. The van der Waals surface area contributed by atoms with E-state index in [1.807, 2.05) is 42.5 Å². The molecule has 2 heterocycles. The van der Waals surface area contributed by atoms with E-state index in [1.54, 1.807) is 0 Å². The van der Waals surface area contributed by atoms with E-state index in [-0.39, 0.29) is 19.0 Å². The standard InChI is InChI=1S/C23H26N4O3S.ClH/c24-21(29)20-18-9-11-27(10-3-4-12-28)14-19(18)31-22(20)26-23(30)25-17-8-7-15-5-1-2-6-16(15)13-17;/h1-2,5-8,13,28H,3-4,9-12,14H2,(H2,24,29)(H2,25,26,30);1H. The molecule has 0 saturated carbocycles. The Kier molecular flexibility index (Phi) is 8.09. The number of nitrogens with zero attached hydrogens (tertiary/aromatic N) is 1. The molecule has 5 N–H and O–H groups in total. The number of aliphatic hydroxyl groups is 1. The van der Waals surface area contributed by atoms with E-state index in [4.69, 9.17) is 10.8 Å². The number of carbonyl (C=O) groups is 2. The topological polar surface area (TPSA) is 108 Å². The molecule has 32 heavy (non-hydrogen) atoms. The second kappa shape index (κ2) is 10.8. The Morgan fingerprint density at radius 3 is 2.62 bits per heavy atom.